The molecule has 0 aliphatic heterocycles. The first-order chi connectivity index (χ1) is 11.6. The van der Waals surface area contributed by atoms with Crippen molar-refractivity contribution in [3.63, 3.8) is 0 Å². The highest BCUT2D eigenvalue weighted by molar-refractivity contribution is 5.95. The Bertz CT molecular complexity index is 860. The van der Waals surface area contributed by atoms with Gasteiger partial charge in [0.15, 0.2) is 0 Å². The highest BCUT2D eigenvalue weighted by Crippen LogP contribution is 2.30. The van der Waals surface area contributed by atoms with Crippen molar-refractivity contribution in [3.05, 3.63) is 83.9 Å². The fourth-order valence-electron chi connectivity index (χ4n) is 2.36. The minimum Gasteiger partial charge on any atom is -0.478 e. The number of rotatable bonds is 5. The summed E-state index contributed by atoms with van der Waals surface area (Å²) in [6.45, 7) is 1.97. The molecule has 2 N–H and O–H groups in total. The van der Waals surface area contributed by atoms with E-state index in [4.69, 9.17) is 4.74 Å². The van der Waals surface area contributed by atoms with E-state index in [1.807, 2.05) is 61.5 Å². The number of hydrogen-bond donors (Lipinski definition) is 2. The van der Waals surface area contributed by atoms with Gasteiger partial charge in [-0.3, -0.25) is 0 Å². The number of anilines is 2. The van der Waals surface area contributed by atoms with Crippen LogP contribution in [0.15, 0.2) is 72.8 Å². The molecule has 0 bridgehead atoms. The molecule has 3 rings (SSSR count). The third-order valence-electron chi connectivity index (χ3n) is 3.61. The molecule has 0 saturated heterocycles. The number of para-hydroxylation sites is 2. The highest BCUT2D eigenvalue weighted by Gasteiger charge is 2.12. The van der Waals surface area contributed by atoms with Gasteiger partial charge in [0.05, 0.1) is 11.3 Å². The molecule has 0 fully saturated rings. The Labute approximate surface area is 140 Å². The van der Waals surface area contributed by atoms with Gasteiger partial charge in [0.25, 0.3) is 0 Å². The number of aryl methyl sites for hydroxylation is 1. The number of aromatic carboxylic acids is 1. The molecule has 0 atom stereocenters. The second kappa shape index (κ2) is 6.87. The lowest BCUT2D eigenvalue weighted by Crippen LogP contribution is -2.03. The van der Waals surface area contributed by atoms with Crippen LogP contribution in [0.1, 0.15) is 15.9 Å². The second-order valence-electron chi connectivity index (χ2n) is 5.37. The summed E-state index contributed by atoms with van der Waals surface area (Å²) in [5.74, 6) is 0.280. The lowest BCUT2D eigenvalue weighted by atomic mass is 10.1. The van der Waals surface area contributed by atoms with Gasteiger partial charge in [-0.2, -0.15) is 0 Å². The van der Waals surface area contributed by atoms with E-state index in [-0.39, 0.29) is 5.56 Å². The molecule has 0 spiro atoms. The Kier molecular flexibility index (Phi) is 4.47. The Morgan fingerprint density at radius 2 is 1.58 bits per heavy atom. The van der Waals surface area contributed by atoms with Crippen LogP contribution in [-0.4, -0.2) is 11.1 Å². The molecular formula is C20H17NO3. The summed E-state index contributed by atoms with van der Waals surface area (Å²) in [4.78, 5) is 11.5. The average molecular weight is 319 g/mol. The summed E-state index contributed by atoms with van der Waals surface area (Å²) in [5, 5.41) is 12.6. The third kappa shape index (κ3) is 3.55. The van der Waals surface area contributed by atoms with Crippen LogP contribution in [-0.2, 0) is 0 Å². The van der Waals surface area contributed by atoms with Crippen molar-refractivity contribution in [3.8, 4) is 11.5 Å². The molecular weight excluding hydrogens is 302 g/mol. The molecule has 0 heterocycles. The Hall–Kier alpha value is -3.27. The molecule has 0 aliphatic rings. The molecule has 0 saturated carbocycles. The van der Waals surface area contributed by atoms with Gasteiger partial charge in [-0.25, -0.2) is 4.79 Å². The predicted molar refractivity (Wildman–Crippen MR) is 94.4 cm³/mol. The van der Waals surface area contributed by atoms with Crippen molar-refractivity contribution in [1.82, 2.24) is 0 Å². The van der Waals surface area contributed by atoms with Gasteiger partial charge >= 0.3 is 5.97 Å². The summed E-state index contributed by atoms with van der Waals surface area (Å²) in [6, 6.07) is 22.0. The first-order valence-corrected chi connectivity index (χ1v) is 7.56. The van der Waals surface area contributed by atoms with Crippen molar-refractivity contribution in [2.24, 2.45) is 0 Å². The zero-order chi connectivity index (χ0) is 16.9. The maximum Gasteiger partial charge on any atom is 0.337 e. The summed E-state index contributed by atoms with van der Waals surface area (Å²) in [5.41, 5.74) is 2.57. The largest absolute Gasteiger partial charge is 0.478 e. The second-order valence-corrected chi connectivity index (χ2v) is 5.37. The van der Waals surface area contributed by atoms with Crippen molar-refractivity contribution < 1.29 is 14.6 Å². The maximum absolute atomic E-state index is 11.5. The number of carboxylic acid groups (broad SMARTS) is 1. The molecule has 4 nitrogen and oxygen atoms in total. The van der Waals surface area contributed by atoms with Crippen molar-refractivity contribution in [2.75, 3.05) is 5.32 Å². The minimum absolute atomic E-state index is 0.193. The fourth-order valence-corrected chi connectivity index (χ4v) is 2.36. The normalized spacial score (nSPS) is 10.2. The Morgan fingerprint density at radius 1 is 0.875 bits per heavy atom. The van der Waals surface area contributed by atoms with Gasteiger partial charge in [0, 0.05) is 11.8 Å². The SMILES string of the molecule is Cc1ccccc1Nc1cc(Oc2ccccc2)ccc1C(=O)O. The smallest absolute Gasteiger partial charge is 0.337 e. The summed E-state index contributed by atoms with van der Waals surface area (Å²) < 4.78 is 5.79. The standard InChI is InChI=1S/C20H17NO3/c1-14-7-5-6-10-18(14)21-19-13-16(11-12-17(19)20(22)23)24-15-8-3-2-4-9-15/h2-13,21H,1H3,(H,22,23). The molecule has 0 aliphatic carbocycles. The van der Waals surface area contributed by atoms with Gasteiger partial charge in [-0.05, 0) is 42.8 Å². The number of ether oxygens (including phenoxy) is 1. The summed E-state index contributed by atoms with van der Waals surface area (Å²) >= 11 is 0. The van der Waals surface area contributed by atoms with Crippen molar-refractivity contribution >= 4 is 17.3 Å². The van der Waals surface area contributed by atoms with E-state index in [9.17, 15) is 9.90 Å². The Morgan fingerprint density at radius 3 is 2.29 bits per heavy atom. The van der Waals surface area contributed by atoms with Gasteiger partial charge in [-0.15, -0.1) is 0 Å². The zero-order valence-electron chi connectivity index (χ0n) is 13.2. The zero-order valence-corrected chi connectivity index (χ0v) is 13.2. The van der Waals surface area contributed by atoms with Crippen LogP contribution in [0.2, 0.25) is 0 Å². The van der Waals surface area contributed by atoms with Gasteiger partial charge in [-0.1, -0.05) is 36.4 Å². The van der Waals surface area contributed by atoms with Crippen LogP contribution in [0.4, 0.5) is 11.4 Å². The molecule has 0 amide bonds. The van der Waals surface area contributed by atoms with E-state index in [2.05, 4.69) is 5.32 Å². The van der Waals surface area contributed by atoms with E-state index in [0.717, 1.165) is 11.3 Å². The molecule has 0 unspecified atom stereocenters. The molecule has 3 aromatic rings. The fraction of sp³-hybridized carbons (Fsp3) is 0.0500. The molecule has 120 valence electrons. The quantitative estimate of drug-likeness (QED) is 0.676. The molecule has 4 heteroatoms. The van der Waals surface area contributed by atoms with Crippen LogP contribution in [0, 0.1) is 6.92 Å². The van der Waals surface area contributed by atoms with E-state index < -0.39 is 5.97 Å². The number of hydrogen-bond acceptors (Lipinski definition) is 3. The predicted octanol–water partition coefficient (Wildman–Crippen LogP) is 5.23. The van der Waals surface area contributed by atoms with Crippen LogP contribution in [0.5, 0.6) is 11.5 Å². The number of nitrogens with one attached hydrogen (secondary N) is 1. The van der Waals surface area contributed by atoms with E-state index in [1.165, 1.54) is 0 Å². The molecule has 0 aromatic heterocycles. The van der Waals surface area contributed by atoms with Crippen LogP contribution in [0.25, 0.3) is 0 Å². The van der Waals surface area contributed by atoms with Crippen molar-refractivity contribution in [2.45, 2.75) is 6.92 Å². The molecule has 24 heavy (non-hydrogen) atoms. The van der Waals surface area contributed by atoms with Gasteiger partial charge < -0.3 is 15.2 Å². The first kappa shape index (κ1) is 15.6. The molecule has 3 aromatic carbocycles. The van der Waals surface area contributed by atoms with Crippen LogP contribution < -0.4 is 10.1 Å². The van der Waals surface area contributed by atoms with E-state index >= 15 is 0 Å². The lowest BCUT2D eigenvalue weighted by molar-refractivity contribution is 0.0698. The monoisotopic (exact) mass is 319 g/mol. The lowest BCUT2D eigenvalue weighted by Gasteiger charge is -2.14. The van der Waals surface area contributed by atoms with Crippen LogP contribution in [0.3, 0.4) is 0 Å². The highest BCUT2D eigenvalue weighted by atomic mass is 16.5. The number of benzene rings is 3. The molecule has 0 radical (unpaired) electrons. The summed E-state index contributed by atoms with van der Waals surface area (Å²) in [6.07, 6.45) is 0. The topological polar surface area (TPSA) is 58.6 Å². The number of carbonyl (C=O) groups is 1. The minimum atomic E-state index is -0.989. The third-order valence-corrected chi connectivity index (χ3v) is 3.61. The Balaban J connectivity index is 1.94. The van der Waals surface area contributed by atoms with Crippen molar-refractivity contribution in [1.29, 1.82) is 0 Å². The van der Waals surface area contributed by atoms with Gasteiger partial charge in [0.1, 0.15) is 11.5 Å². The summed E-state index contributed by atoms with van der Waals surface area (Å²) in [7, 11) is 0. The average Bonchev–Trinajstić information content (AvgIpc) is 2.58. The number of carboxylic acids is 1. The first-order valence-electron chi connectivity index (χ1n) is 7.56. The van der Waals surface area contributed by atoms with Crippen LogP contribution >= 0.6 is 0 Å². The van der Waals surface area contributed by atoms with Gasteiger partial charge in [0.2, 0.25) is 0 Å². The maximum atomic E-state index is 11.5. The van der Waals surface area contributed by atoms with E-state index in [0.29, 0.717) is 17.2 Å². The van der Waals surface area contributed by atoms with E-state index in [1.54, 1.807) is 18.2 Å².